The summed E-state index contributed by atoms with van der Waals surface area (Å²) in [7, 11) is 0. The summed E-state index contributed by atoms with van der Waals surface area (Å²) in [6.07, 6.45) is 5.53. The molecule has 3 unspecified atom stereocenters. The van der Waals surface area contributed by atoms with Crippen LogP contribution in [0.1, 0.15) is 33.1 Å². The van der Waals surface area contributed by atoms with E-state index in [0.29, 0.717) is 18.4 Å². The highest BCUT2D eigenvalue weighted by atomic mass is 16.6. The van der Waals surface area contributed by atoms with Gasteiger partial charge in [-0.1, -0.05) is 24.3 Å². The van der Waals surface area contributed by atoms with Gasteiger partial charge in [0.05, 0.1) is 6.10 Å². The predicted molar refractivity (Wildman–Crippen MR) is 69.9 cm³/mol. The van der Waals surface area contributed by atoms with Gasteiger partial charge in [0, 0.05) is 17.9 Å². The molecule has 18 heavy (non-hydrogen) atoms. The molecule has 3 atom stereocenters. The predicted octanol–water partition coefficient (Wildman–Crippen LogP) is 2.52. The van der Waals surface area contributed by atoms with E-state index in [0.717, 1.165) is 12.0 Å². The summed E-state index contributed by atoms with van der Waals surface area (Å²) in [5, 5.41) is 9.92. The van der Waals surface area contributed by atoms with Crippen LogP contribution in [0, 0.1) is 5.92 Å². The molecule has 0 amide bonds. The molecule has 0 aromatic heterocycles. The highest BCUT2D eigenvalue weighted by Gasteiger charge is 2.37. The van der Waals surface area contributed by atoms with Crippen molar-refractivity contribution in [2.75, 3.05) is 0 Å². The molecule has 3 heteroatoms. The first kappa shape index (κ1) is 13.1. The lowest BCUT2D eigenvalue weighted by Crippen LogP contribution is -2.18. The maximum absolute atomic E-state index is 11.6. The number of carbonyl (C=O) groups excluding carboxylic acids is 1. The van der Waals surface area contributed by atoms with Crippen molar-refractivity contribution in [2.45, 2.75) is 45.3 Å². The average Bonchev–Trinajstić information content (AvgIpc) is 2.60. The van der Waals surface area contributed by atoms with Gasteiger partial charge in [-0.25, -0.2) is 4.79 Å². The van der Waals surface area contributed by atoms with E-state index in [2.05, 4.69) is 6.58 Å². The molecule has 1 saturated heterocycles. The third kappa shape index (κ3) is 2.56. The van der Waals surface area contributed by atoms with Crippen molar-refractivity contribution < 1.29 is 14.6 Å². The van der Waals surface area contributed by atoms with Crippen LogP contribution in [0.3, 0.4) is 0 Å². The fourth-order valence-corrected chi connectivity index (χ4v) is 2.51. The molecule has 0 radical (unpaired) electrons. The molecular weight excluding hydrogens is 228 g/mol. The molecule has 0 spiro atoms. The average molecular weight is 248 g/mol. The van der Waals surface area contributed by atoms with Gasteiger partial charge >= 0.3 is 5.97 Å². The summed E-state index contributed by atoms with van der Waals surface area (Å²) in [5.41, 5.74) is 2.70. The van der Waals surface area contributed by atoms with Crippen LogP contribution in [0.4, 0.5) is 0 Å². The van der Waals surface area contributed by atoms with Crippen LogP contribution in [0.25, 0.3) is 0 Å². The summed E-state index contributed by atoms with van der Waals surface area (Å²) in [5.74, 6) is -0.198. The first-order valence-electron chi connectivity index (χ1n) is 6.39. The molecule has 0 aromatic rings. The number of allylic oxidation sites excluding steroid dienone is 1. The molecule has 0 aromatic carbocycles. The Morgan fingerprint density at radius 2 is 2.06 bits per heavy atom. The first-order valence-corrected chi connectivity index (χ1v) is 6.39. The minimum absolute atomic E-state index is 0.0769. The molecule has 2 aliphatic rings. The summed E-state index contributed by atoms with van der Waals surface area (Å²) in [6.45, 7) is 7.78. The monoisotopic (exact) mass is 248 g/mol. The van der Waals surface area contributed by atoms with Gasteiger partial charge in [-0.3, -0.25) is 0 Å². The van der Waals surface area contributed by atoms with Crippen molar-refractivity contribution in [2.24, 2.45) is 5.92 Å². The van der Waals surface area contributed by atoms with Crippen molar-refractivity contribution in [1.82, 2.24) is 0 Å². The zero-order chi connectivity index (χ0) is 13.3. The largest absolute Gasteiger partial charge is 0.458 e. The first-order chi connectivity index (χ1) is 8.49. The van der Waals surface area contributed by atoms with Crippen molar-refractivity contribution in [3.8, 4) is 0 Å². The van der Waals surface area contributed by atoms with Gasteiger partial charge in [-0.15, -0.1) is 0 Å². The Morgan fingerprint density at radius 3 is 2.78 bits per heavy atom. The third-order valence-corrected chi connectivity index (χ3v) is 3.85. The molecule has 1 aliphatic carbocycles. The fourth-order valence-electron chi connectivity index (χ4n) is 2.51. The number of fused-ring (bicyclic) bond motifs is 1. The molecule has 3 nitrogen and oxygen atoms in total. The maximum atomic E-state index is 11.6. The highest BCUT2D eigenvalue weighted by molar-refractivity contribution is 5.90. The quantitative estimate of drug-likeness (QED) is 0.407. The van der Waals surface area contributed by atoms with Crippen molar-refractivity contribution in [1.29, 1.82) is 0 Å². The molecule has 2 rings (SSSR count). The van der Waals surface area contributed by atoms with E-state index in [-0.39, 0.29) is 18.0 Å². The Balaban J connectivity index is 2.27. The second kappa shape index (κ2) is 5.11. The van der Waals surface area contributed by atoms with Crippen LogP contribution >= 0.6 is 0 Å². The van der Waals surface area contributed by atoms with Crippen molar-refractivity contribution in [3.05, 3.63) is 35.5 Å². The second-order valence-electron chi connectivity index (χ2n) is 5.27. The summed E-state index contributed by atoms with van der Waals surface area (Å²) in [6, 6.07) is 0. The van der Waals surface area contributed by atoms with Gasteiger partial charge in [0.15, 0.2) is 0 Å². The number of hydrogen-bond donors (Lipinski definition) is 1. The van der Waals surface area contributed by atoms with E-state index in [4.69, 9.17) is 4.74 Å². The van der Waals surface area contributed by atoms with Crippen molar-refractivity contribution in [3.63, 3.8) is 0 Å². The number of aliphatic hydroxyl groups is 1. The van der Waals surface area contributed by atoms with Gasteiger partial charge in [0.2, 0.25) is 0 Å². The third-order valence-electron chi connectivity index (χ3n) is 3.85. The molecule has 1 aliphatic heterocycles. The number of ether oxygens (including phenoxy) is 1. The number of hydrogen-bond acceptors (Lipinski definition) is 3. The van der Waals surface area contributed by atoms with E-state index >= 15 is 0 Å². The topological polar surface area (TPSA) is 46.5 Å². The minimum atomic E-state index is -0.434. The fraction of sp³-hybridized carbons (Fsp3) is 0.533. The zero-order valence-corrected chi connectivity index (χ0v) is 11.0. The number of esters is 1. The molecule has 98 valence electrons. The maximum Gasteiger partial charge on any atom is 0.334 e. The Labute approximate surface area is 108 Å². The minimum Gasteiger partial charge on any atom is -0.458 e. The van der Waals surface area contributed by atoms with Gasteiger partial charge in [0.1, 0.15) is 6.10 Å². The molecule has 0 saturated carbocycles. The van der Waals surface area contributed by atoms with Crippen LogP contribution in [0.15, 0.2) is 35.5 Å². The molecular formula is C15H20O3. The van der Waals surface area contributed by atoms with E-state index in [1.165, 1.54) is 5.57 Å². The standard InChI is InChI=1S/C15H20O3/c1-9-4-6-13(16)10(2)5-7-14-12(8-9)11(3)15(17)18-14/h4-5,12-14,16H,3,6-8H2,1-2H3. The number of carbonyl (C=O) groups is 1. The smallest absolute Gasteiger partial charge is 0.334 e. The Bertz CT molecular complexity index is 431. The Kier molecular flexibility index (Phi) is 3.71. The summed E-state index contributed by atoms with van der Waals surface area (Å²) >= 11 is 0. The van der Waals surface area contributed by atoms with Gasteiger partial charge in [-0.2, -0.15) is 0 Å². The van der Waals surface area contributed by atoms with Gasteiger partial charge < -0.3 is 9.84 Å². The van der Waals surface area contributed by atoms with Crippen LogP contribution in [-0.2, 0) is 9.53 Å². The summed E-state index contributed by atoms with van der Waals surface area (Å²) < 4.78 is 5.35. The number of aliphatic hydroxyl groups excluding tert-OH is 1. The lowest BCUT2D eigenvalue weighted by Gasteiger charge is -2.20. The van der Waals surface area contributed by atoms with E-state index < -0.39 is 6.10 Å². The van der Waals surface area contributed by atoms with E-state index in [1.54, 1.807) is 0 Å². The SMILES string of the molecule is C=C1C(=O)OC2CC=C(C)C(O)CC=C(C)CC12. The Hall–Kier alpha value is -1.35. The van der Waals surface area contributed by atoms with Gasteiger partial charge in [0.25, 0.3) is 0 Å². The highest BCUT2D eigenvalue weighted by Crippen LogP contribution is 2.34. The van der Waals surface area contributed by atoms with E-state index in [9.17, 15) is 9.90 Å². The van der Waals surface area contributed by atoms with Crippen molar-refractivity contribution >= 4 is 5.97 Å². The van der Waals surface area contributed by atoms with Crippen LogP contribution in [0.5, 0.6) is 0 Å². The Morgan fingerprint density at radius 1 is 1.33 bits per heavy atom. The van der Waals surface area contributed by atoms with E-state index in [1.807, 2.05) is 26.0 Å². The molecule has 1 fully saturated rings. The van der Waals surface area contributed by atoms with Crippen LogP contribution in [0.2, 0.25) is 0 Å². The van der Waals surface area contributed by atoms with Crippen LogP contribution < -0.4 is 0 Å². The normalized spacial score (nSPS) is 33.4. The number of rotatable bonds is 0. The molecule has 1 N–H and O–H groups in total. The lowest BCUT2D eigenvalue weighted by atomic mass is 9.87. The molecule has 1 heterocycles. The summed E-state index contributed by atoms with van der Waals surface area (Å²) in [4.78, 5) is 11.6. The van der Waals surface area contributed by atoms with Crippen LogP contribution in [-0.4, -0.2) is 23.3 Å². The second-order valence-corrected chi connectivity index (χ2v) is 5.27. The van der Waals surface area contributed by atoms with Gasteiger partial charge in [-0.05, 0) is 32.3 Å². The molecule has 0 bridgehead atoms. The lowest BCUT2D eigenvalue weighted by molar-refractivity contribution is -0.139. The zero-order valence-electron chi connectivity index (χ0n) is 11.0.